The predicted molar refractivity (Wildman–Crippen MR) is 85.5 cm³/mol. The molecule has 0 aromatic heterocycles. The molecule has 4 saturated carbocycles. The van der Waals surface area contributed by atoms with Gasteiger partial charge in [0, 0.05) is 5.41 Å². The summed E-state index contributed by atoms with van der Waals surface area (Å²) in [5.41, 5.74) is -0.837. The van der Waals surface area contributed by atoms with Gasteiger partial charge in [-0.25, -0.2) is 0 Å². The fourth-order valence-electron chi connectivity index (χ4n) is 7.08. The number of aliphatic hydroxyl groups is 1. The highest BCUT2D eigenvalue weighted by Crippen LogP contribution is 2.65. The van der Waals surface area contributed by atoms with Crippen LogP contribution in [0.25, 0.3) is 0 Å². The Morgan fingerprint density at radius 3 is 2.52 bits per heavy atom. The van der Waals surface area contributed by atoms with Crippen LogP contribution in [-0.4, -0.2) is 10.7 Å². The van der Waals surface area contributed by atoms with Crippen molar-refractivity contribution in [3.8, 4) is 12.3 Å². The van der Waals surface area contributed by atoms with Crippen LogP contribution in [0.15, 0.2) is 0 Å². The molecule has 1 unspecified atom stereocenters. The minimum atomic E-state index is -0.827. The molecule has 0 saturated heterocycles. The third-order valence-electron chi connectivity index (χ3n) is 8.27. The molecular weight excluding hydrogens is 256 g/mol. The van der Waals surface area contributed by atoms with Crippen molar-refractivity contribution in [1.82, 2.24) is 0 Å². The van der Waals surface area contributed by atoms with E-state index in [2.05, 4.69) is 12.8 Å². The lowest BCUT2D eigenvalue weighted by Crippen LogP contribution is -2.52. The van der Waals surface area contributed by atoms with Crippen molar-refractivity contribution in [2.45, 2.75) is 76.7 Å². The zero-order valence-electron chi connectivity index (χ0n) is 13.5. The van der Waals surface area contributed by atoms with Crippen LogP contribution in [0.5, 0.6) is 0 Å². The van der Waals surface area contributed by atoms with Gasteiger partial charge in [0.15, 0.2) is 0 Å². The SMILES string of the molecule is C#C[C@]1(O)CC[C@H]2[C@@H]3CCC4CCCC[C@@H]4[C@H]3CC[C@@]21C. The van der Waals surface area contributed by atoms with Crippen LogP contribution in [0, 0.1) is 47.3 Å². The molecule has 0 amide bonds. The van der Waals surface area contributed by atoms with Crippen molar-refractivity contribution in [3.05, 3.63) is 0 Å². The van der Waals surface area contributed by atoms with E-state index in [4.69, 9.17) is 6.42 Å². The molecule has 1 N–H and O–H groups in total. The first-order chi connectivity index (χ1) is 10.1. The Bertz CT molecular complexity index is 463. The van der Waals surface area contributed by atoms with Gasteiger partial charge >= 0.3 is 0 Å². The van der Waals surface area contributed by atoms with Crippen LogP contribution in [0.4, 0.5) is 0 Å². The van der Waals surface area contributed by atoms with E-state index in [0.717, 1.165) is 42.9 Å². The molecule has 7 atom stereocenters. The Balaban J connectivity index is 1.62. The monoisotopic (exact) mass is 286 g/mol. The Morgan fingerprint density at radius 2 is 1.71 bits per heavy atom. The van der Waals surface area contributed by atoms with Crippen molar-refractivity contribution >= 4 is 0 Å². The van der Waals surface area contributed by atoms with Crippen LogP contribution in [0.1, 0.15) is 71.1 Å². The first kappa shape index (κ1) is 14.1. The first-order valence-corrected chi connectivity index (χ1v) is 9.29. The Kier molecular flexibility index (Phi) is 3.20. The van der Waals surface area contributed by atoms with E-state index in [0.29, 0.717) is 5.92 Å². The average Bonchev–Trinajstić information content (AvgIpc) is 2.79. The van der Waals surface area contributed by atoms with Gasteiger partial charge in [-0.3, -0.25) is 0 Å². The fourth-order valence-corrected chi connectivity index (χ4v) is 7.08. The lowest BCUT2D eigenvalue weighted by atomic mass is 9.49. The second kappa shape index (κ2) is 4.76. The normalized spacial score (nSPS) is 56.0. The second-order valence-corrected chi connectivity index (χ2v) is 8.72. The van der Waals surface area contributed by atoms with Crippen LogP contribution < -0.4 is 0 Å². The molecule has 0 aromatic rings. The van der Waals surface area contributed by atoms with Crippen molar-refractivity contribution in [2.75, 3.05) is 0 Å². The molecule has 0 aliphatic heterocycles. The lowest BCUT2D eigenvalue weighted by Gasteiger charge is -2.56. The van der Waals surface area contributed by atoms with Crippen LogP contribution in [0.2, 0.25) is 0 Å². The highest BCUT2D eigenvalue weighted by molar-refractivity contribution is 5.23. The van der Waals surface area contributed by atoms with Gasteiger partial charge in [-0.15, -0.1) is 6.42 Å². The third-order valence-corrected chi connectivity index (χ3v) is 8.27. The van der Waals surface area contributed by atoms with Gasteiger partial charge in [-0.05, 0) is 74.5 Å². The minimum absolute atomic E-state index is 0.00950. The molecule has 4 rings (SSSR count). The fraction of sp³-hybridized carbons (Fsp3) is 0.900. The maximum absolute atomic E-state index is 10.9. The highest BCUT2D eigenvalue weighted by atomic mass is 16.3. The van der Waals surface area contributed by atoms with E-state index in [1.165, 1.54) is 44.9 Å². The van der Waals surface area contributed by atoms with Crippen LogP contribution >= 0.6 is 0 Å². The molecule has 0 aromatic carbocycles. The summed E-state index contributed by atoms with van der Waals surface area (Å²) >= 11 is 0. The molecule has 0 spiro atoms. The summed E-state index contributed by atoms with van der Waals surface area (Å²) in [5.74, 6) is 7.29. The first-order valence-electron chi connectivity index (χ1n) is 9.29. The molecule has 1 heteroatoms. The number of hydrogen-bond donors (Lipinski definition) is 1. The largest absolute Gasteiger partial charge is 0.377 e. The molecule has 4 fully saturated rings. The molecule has 116 valence electrons. The van der Waals surface area contributed by atoms with E-state index >= 15 is 0 Å². The van der Waals surface area contributed by atoms with Crippen LogP contribution in [0.3, 0.4) is 0 Å². The van der Waals surface area contributed by atoms with Gasteiger partial charge < -0.3 is 5.11 Å². The van der Waals surface area contributed by atoms with Gasteiger partial charge in [0.25, 0.3) is 0 Å². The number of rotatable bonds is 0. The molecule has 4 aliphatic carbocycles. The number of hydrogen-bond acceptors (Lipinski definition) is 1. The summed E-state index contributed by atoms with van der Waals surface area (Å²) in [6.45, 7) is 2.30. The van der Waals surface area contributed by atoms with Gasteiger partial charge in [0.1, 0.15) is 5.60 Å². The summed E-state index contributed by atoms with van der Waals surface area (Å²) < 4.78 is 0. The van der Waals surface area contributed by atoms with Gasteiger partial charge in [0.2, 0.25) is 0 Å². The average molecular weight is 286 g/mol. The van der Waals surface area contributed by atoms with E-state index in [9.17, 15) is 5.11 Å². The molecule has 1 nitrogen and oxygen atoms in total. The van der Waals surface area contributed by atoms with Crippen LogP contribution in [-0.2, 0) is 0 Å². The van der Waals surface area contributed by atoms with Crippen molar-refractivity contribution in [3.63, 3.8) is 0 Å². The summed E-state index contributed by atoms with van der Waals surface area (Å²) in [7, 11) is 0. The maximum Gasteiger partial charge on any atom is 0.130 e. The lowest BCUT2D eigenvalue weighted by molar-refractivity contribution is -0.104. The summed E-state index contributed by atoms with van der Waals surface area (Å²) in [4.78, 5) is 0. The maximum atomic E-state index is 10.9. The van der Waals surface area contributed by atoms with Crippen molar-refractivity contribution in [1.29, 1.82) is 0 Å². The smallest absolute Gasteiger partial charge is 0.130 e. The zero-order chi connectivity index (χ0) is 14.7. The molecule has 0 radical (unpaired) electrons. The van der Waals surface area contributed by atoms with Gasteiger partial charge in [-0.2, -0.15) is 0 Å². The quantitative estimate of drug-likeness (QED) is 0.655. The zero-order valence-corrected chi connectivity index (χ0v) is 13.5. The van der Waals surface area contributed by atoms with Crippen molar-refractivity contribution in [2.24, 2.45) is 35.0 Å². The molecule has 21 heavy (non-hydrogen) atoms. The van der Waals surface area contributed by atoms with Crippen molar-refractivity contribution < 1.29 is 5.11 Å². The Labute approximate surface area is 129 Å². The van der Waals surface area contributed by atoms with E-state index in [1.54, 1.807) is 0 Å². The van der Waals surface area contributed by atoms with E-state index in [-0.39, 0.29) is 5.41 Å². The predicted octanol–water partition coefficient (Wildman–Crippen LogP) is 4.39. The third kappa shape index (κ3) is 1.81. The number of fused-ring (bicyclic) bond motifs is 5. The standard InChI is InChI=1S/C20H30O/c1-3-20(21)13-11-18-17-9-8-14-6-4-5-7-15(14)16(17)10-12-19(18,20)2/h1,14-18,21H,4-13H2,2H3/t14?,15-,16+,17+,18-,19-,20-/m0/s1. The Hall–Kier alpha value is -0.480. The van der Waals surface area contributed by atoms with E-state index in [1.807, 2.05) is 0 Å². The Morgan fingerprint density at radius 1 is 0.905 bits per heavy atom. The summed E-state index contributed by atoms with van der Waals surface area (Å²) in [6.07, 6.45) is 19.0. The minimum Gasteiger partial charge on any atom is -0.377 e. The highest BCUT2D eigenvalue weighted by Gasteiger charge is 2.62. The topological polar surface area (TPSA) is 20.2 Å². The second-order valence-electron chi connectivity index (χ2n) is 8.72. The van der Waals surface area contributed by atoms with Gasteiger partial charge in [-0.1, -0.05) is 32.1 Å². The summed E-state index contributed by atoms with van der Waals surface area (Å²) in [6, 6.07) is 0. The molecule has 0 bridgehead atoms. The number of terminal acetylenes is 1. The molecular formula is C20H30O. The molecule has 4 aliphatic rings. The molecule has 0 heterocycles. The van der Waals surface area contributed by atoms with Gasteiger partial charge in [0.05, 0.1) is 0 Å². The summed E-state index contributed by atoms with van der Waals surface area (Å²) in [5, 5.41) is 10.9. The van der Waals surface area contributed by atoms with E-state index < -0.39 is 5.60 Å².